The minimum absolute atomic E-state index is 1.22. The highest BCUT2D eigenvalue weighted by molar-refractivity contribution is 7.75. The number of nitrogens with zero attached hydrogens (tertiary/aromatic N) is 1. The number of rotatable bonds is 3. The summed E-state index contributed by atoms with van der Waals surface area (Å²) in [5.41, 5.74) is 0. The number of hydrogen-bond donors (Lipinski definition) is 0. The summed E-state index contributed by atoms with van der Waals surface area (Å²) in [4.78, 5) is 0. The largest absolute Gasteiger partial charge is 0.340 e. The van der Waals surface area contributed by atoms with Gasteiger partial charge < -0.3 is 0 Å². The molecule has 0 aliphatic heterocycles. The van der Waals surface area contributed by atoms with E-state index in [4.69, 9.17) is 0 Å². The molecule has 0 aliphatic rings. The molecular weight excluding hydrogens is 154 g/mol. The van der Waals surface area contributed by atoms with Gasteiger partial charge in [0.1, 0.15) is 0 Å². The molecule has 0 fully saturated rings. The Labute approximate surface area is 55.3 Å². The van der Waals surface area contributed by atoms with Crippen LogP contribution in [0.25, 0.3) is 0 Å². The normalized spacial score (nSPS) is 14.5. The first-order chi connectivity index (χ1) is 3.66. The van der Waals surface area contributed by atoms with Crippen molar-refractivity contribution in [3.63, 3.8) is 0 Å². The van der Waals surface area contributed by atoms with Crippen LogP contribution in [0.4, 0.5) is 0 Å². The van der Waals surface area contributed by atoms with E-state index < -0.39 is 11.4 Å². The van der Waals surface area contributed by atoms with Crippen LogP contribution in [0, 0.1) is 0 Å². The highest BCUT2D eigenvalue weighted by Gasteiger charge is 1.98. The van der Waals surface area contributed by atoms with E-state index >= 15 is 0 Å². The second-order valence-electron chi connectivity index (χ2n) is 1.15. The zero-order valence-corrected chi connectivity index (χ0v) is 6.03. The average molecular weight is 160 g/mol. The SMILES string of the molecule is CN(C)OS(=O)OCl. The number of halogens is 1. The van der Waals surface area contributed by atoms with Gasteiger partial charge in [0.25, 0.3) is 0 Å². The van der Waals surface area contributed by atoms with Crippen molar-refractivity contribution in [3.05, 3.63) is 0 Å². The number of hydrogen-bond acceptors (Lipinski definition) is 4. The summed E-state index contributed by atoms with van der Waals surface area (Å²) in [7, 11) is 3.13. The van der Waals surface area contributed by atoms with Crippen molar-refractivity contribution in [2.75, 3.05) is 14.1 Å². The average Bonchev–Trinajstić information content (AvgIpc) is 1.65. The Morgan fingerprint density at radius 2 is 2.12 bits per heavy atom. The summed E-state index contributed by atoms with van der Waals surface area (Å²) in [5, 5.41) is 1.22. The van der Waals surface area contributed by atoms with Crippen molar-refractivity contribution in [1.29, 1.82) is 0 Å². The minimum Gasteiger partial charge on any atom is -0.194 e. The molecule has 0 heterocycles. The molecule has 6 heteroatoms. The lowest BCUT2D eigenvalue weighted by Gasteiger charge is -2.03. The van der Waals surface area contributed by atoms with Crippen LogP contribution in [0.15, 0.2) is 0 Å². The van der Waals surface area contributed by atoms with Gasteiger partial charge in [0.2, 0.25) is 0 Å². The molecule has 4 nitrogen and oxygen atoms in total. The second kappa shape index (κ2) is 4.22. The summed E-state index contributed by atoms with van der Waals surface area (Å²) in [6.45, 7) is 0. The standard InChI is InChI=1S/C2H6ClNO3S/c1-4(2)7-8(5)6-3/h1-2H3. The summed E-state index contributed by atoms with van der Waals surface area (Å²) >= 11 is 2.78. The van der Waals surface area contributed by atoms with E-state index in [1.165, 1.54) is 5.06 Å². The van der Waals surface area contributed by atoms with Crippen molar-refractivity contribution in [2.24, 2.45) is 0 Å². The Kier molecular flexibility index (Phi) is 4.39. The molecule has 0 spiro atoms. The molecule has 0 rings (SSSR count). The Morgan fingerprint density at radius 1 is 1.62 bits per heavy atom. The van der Waals surface area contributed by atoms with Crippen molar-refractivity contribution >= 4 is 23.2 Å². The molecule has 0 saturated carbocycles. The fraction of sp³-hybridized carbons (Fsp3) is 1.00. The molecule has 0 amide bonds. The molecule has 0 aromatic heterocycles. The van der Waals surface area contributed by atoms with Crippen LogP contribution in [-0.4, -0.2) is 23.4 Å². The molecule has 0 aromatic carbocycles. The Hall–Kier alpha value is 0.320. The molecule has 1 unspecified atom stereocenters. The summed E-state index contributed by atoms with van der Waals surface area (Å²) in [6.07, 6.45) is 0. The van der Waals surface area contributed by atoms with E-state index in [0.29, 0.717) is 0 Å². The maximum absolute atomic E-state index is 10.1. The van der Waals surface area contributed by atoms with Gasteiger partial charge in [-0.2, -0.15) is 17.3 Å². The van der Waals surface area contributed by atoms with Crippen LogP contribution in [0.5, 0.6) is 0 Å². The maximum Gasteiger partial charge on any atom is 0.340 e. The van der Waals surface area contributed by atoms with Gasteiger partial charge in [0, 0.05) is 14.1 Å². The zero-order valence-electron chi connectivity index (χ0n) is 4.46. The molecule has 8 heavy (non-hydrogen) atoms. The molecule has 0 bridgehead atoms. The van der Waals surface area contributed by atoms with Crippen LogP contribution in [0.3, 0.4) is 0 Å². The predicted molar refractivity (Wildman–Crippen MR) is 29.9 cm³/mol. The molecule has 0 radical (unpaired) electrons. The van der Waals surface area contributed by atoms with Gasteiger partial charge in [0.05, 0.1) is 11.9 Å². The summed E-state index contributed by atoms with van der Waals surface area (Å²) < 4.78 is 18.2. The quantitative estimate of drug-likeness (QED) is 0.553. The van der Waals surface area contributed by atoms with Crippen LogP contribution >= 0.6 is 11.9 Å². The molecule has 0 aromatic rings. The highest BCUT2D eigenvalue weighted by atomic mass is 35.5. The predicted octanol–water partition coefficient (Wildman–Crippen LogP) is 0.229. The van der Waals surface area contributed by atoms with Gasteiger partial charge >= 0.3 is 11.4 Å². The van der Waals surface area contributed by atoms with E-state index in [0.717, 1.165) is 0 Å². The van der Waals surface area contributed by atoms with Crippen LogP contribution < -0.4 is 0 Å². The lowest BCUT2D eigenvalue weighted by molar-refractivity contribution is 0.00500. The number of hydroxylamine groups is 2. The monoisotopic (exact) mass is 159 g/mol. The first-order valence-electron chi connectivity index (χ1n) is 1.73. The highest BCUT2D eigenvalue weighted by Crippen LogP contribution is 1.92. The third-order valence-corrected chi connectivity index (χ3v) is 1.09. The molecule has 0 saturated heterocycles. The molecular formula is C2H6ClNO3S. The van der Waals surface area contributed by atoms with E-state index in [-0.39, 0.29) is 0 Å². The van der Waals surface area contributed by atoms with E-state index in [2.05, 4.69) is 19.9 Å². The topological polar surface area (TPSA) is 38.8 Å². The van der Waals surface area contributed by atoms with Gasteiger partial charge in [-0.1, -0.05) is 0 Å². The fourth-order valence-corrected chi connectivity index (χ4v) is 0.469. The first kappa shape index (κ1) is 8.32. The van der Waals surface area contributed by atoms with Crippen molar-refractivity contribution in [2.45, 2.75) is 0 Å². The first-order valence-corrected chi connectivity index (χ1v) is 3.04. The molecule has 0 N–H and O–H groups in total. The third kappa shape index (κ3) is 4.48. The van der Waals surface area contributed by atoms with Crippen molar-refractivity contribution in [1.82, 2.24) is 5.06 Å². The zero-order chi connectivity index (χ0) is 6.57. The van der Waals surface area contributed by atoms with Gasteiger partial charge in [-0.25, -0.2) is 0 Å². The second-order valence-corrected chi connectivity index (χ2v) is 2.22. The van der Waals surface area contributed by atoms with Crippen molar-refractivity contribution < 1.29 is 12.2 Å². The van der Waals surface area contributed by atoms with Crippen LogP contribution in [0.2, 0.25) is 0 Å². The Balaban J connectivity index is 3.25. The van der Waals surface area contributed by atoms with Gasteiger partial charge in [-0.05, 0) is 0 Å². The van der Waals surface area contributed by atoms with Gasteiger partial charge in [-0.15, -0.1) is 0 Å². The van der Waals surface area contributed by atoms with Crippen LogP contribution in [-0.2, 0) is 19.4 Å². The molecule has 1 atom stereocenters. The van der Waals surface area contributed by atoms with E-state index in [9.17, 15) is 4.21 Å². The van der Waals surface area contributed by atoms with Gasteiger partial charge in [-0.3, -0.25) is 0 Å². The molecule has 50 valence electrons. The summed E-state index contributed by atoms with van der Waals surface area (Å²) in [5.74, 6) is 0. The lowest BCUT2D eigenvalue weighted by atomic mass is 11.2. The third-order valence-electron chi connectivity index (χ3n) is 0.261. The lowest BCUT2D eigenvalue weighted by Crippen LogP contribution is -2.13. The smallest absolute Gasteiger partial charge is 0.194 e. The van der Waals surface area contributed by atoms with Gasteiger partial charge in [0.15, 0.2) is 0 Å². The van der Waals surface area contributed by atoms with E-state index in [1.54, 1.807) is 14.1 Å². The Morgan fingerprint density at radius 3 is 2.25 bits per heavy atom. The Bertz CT molecular complexity index is 87.4. The van der Waals surface area contributed by atoms with E-state index in [1.807, 2.05) is 0 Å². The summed E-state index contributed by atoms with van der Waals surface area (Å²) in [6, 6.07) is 0. The molecule has 0 aliphatic carbocycles. The van der Waals surface area contributed by atoms with Crippen LogP contribution in [0.1, 0.15) is 0 Å². The minimum atomic E-state index is -1.87. The maximum atomic E-state index is 10.1. The fourth-order valence-electron chi connectivity index (χ4n) is 0.133. The van der Waals surface area contributed by atoms with Crippen molar-refractivity contribution in [3.8, 4) is 0 Å².